The number of hydrogen-bond acceptors (Lipinski definition) is 9. The summed E-state index contributed by atoms with van der Waals surface area (Å²) < 4.78 is 5.72. The zero-order valence-corrected chi connectivity index (χ0v) is 17.6. The Morgan fingerprint density at radius 3 is 2.88 bits per heavy atom. The minimum absolute atomic E-state index is 0.0185. The number of aryl methyl sites for hydroxylation is 1. The van der Waals surface area contributed by atoms with Gasteiger partial charge in [0.05, 0.1) is 12.1 Å². The van der Waals surface area contributed by atoms with Gasteiger partial charge >= 0.3 is 0 Å². The third kappa shape index (κ3) is 7.86. The number of nitrogens with zero attached hydrogens (tertiary/aromatic N) is 2. The average Bonchev–Trinajstić information content (AvgIpc) is 2.74. The van der Waals surface area contributed by atoms with E-state index in [9.17, 15) is 24.8 Å². The molecular weight excluding hydrogens is 422 g/mol. The van der Waals surface area contributed by atoms with Crippen molar-refractivity contribution in [3.05, 3.63) is 49.8 Å². The number of carbonyl (C=O) groups excluding carboxylic acids is 1. The van der Waals surface area contributed by atoms with Gasteiger partial charge in [0.1, 0.15) is 30.1 Å². The van der Waals surface area contributed by atoms with Crippen molar-refractivity contribution in [3.63, 3.8) is 0 Å². The van der Waals surface area contributed by atoms with Crippen molar-refractivity contribution < 1.29 is 24.6 Å². The van der Waals surface area contributed by atoms with Crippen molar-refractivity contribution >= 4 is 16.8 Å². The van der Waals surface area contributed by atoms with Crippen LogP contribution in [0, 0.1) is 28.4 Å². The number of hydrogen-bond donors (Lipinski definition) is 4. The maximum Gasteiger partial charge on any atom is 0.294 e. The summed E-state index contributed by atoms with van der Waals surface area (Å²) in [6.45, 7) is 2.65. The molecule has 1 amide bonds. The molecule has 0 radical (unpaired) electrons. The predicted octanol–water partition coefficient (Wildman–Crippen LogP) is 0.142. The third-order valence-electron chi connectivity index (χ3n) is 4.37. The summed E-state index contributed by atoms with van der Waals surface area (Å²) in [5.74, 6) is 0.198. The normalized spacial score (nSPS) is 11.5. The molecule has 1 aromatic heterocycles. The van der Waals surface area contributed by atoms with Crippen LogP contribution in [-0.2, 0) is 9.63 Å². The zero-order valence-electron chi connectivity index (χ0n) is 17.6. The molecule has 1 unspecified atom stereocenters. The van der Waals surface area contributed by atoms with Crippen LogP contribution in [0.2, 0.25) is 0 Å². The first kappa shape index (κ1) is 24.6. The first-order valence-electron chi connectivity index (χ1n) is 9.93. The number of rotatable bonds is 13. The first-order chi connectivity index (χ1) is 15.3. The van der Waals surface area contributed by atoms with E-state index in [1.807, 2.05) is 13.0 Å². The maximum absolute atomic E-state index is 11.8. The lowest BCUT2D eigenvalue weighted by Gasteiger charge is -2.15. The highest BCUT2D eigenvalue weighted by molar-refractivity contribution is 5.86. The van der Waals surface area contributed by atoms with Crippen molar-refractivity contribution in [1.82, 2.24) is 15.6 Å². The number of nitriles is 1. The van der Waals surface area contributed by atoms with E-state index in [0.717, 1.165) is 5.56 Å². The van der Waals surface area contributed by atoms with Gasteiger partial charge in [0.25, 0.3) is 10.6 Å². The number of aromatic amines is 1. The summed E-state index contributed by atoms with van der Waals surface area (Å²) >= 11 is 0. The minimum atomic E-state index is -0.900. The molecule has 172 valence electrons. The average molecular weight is 447 g/mol. The van der Waals surface area contributed by atoms with E-state index in [0.29, 0.717) is 29.7 Å². The lowest BCUT2D eigenvalue weighted by Crippen LogP contribution is -2.37. The number of ether oxygens (including phenoxy) is 1. The summed E-state index contributed by atoms with van der Waals surface area (Å²) in [7, 11) is 0. The molecule has 12 nitrogen and oxygen atoms in total. The lowest BCUT2D eigenvalue weighted by molar-refractivity contribution is -0.757. The highest BCUT2D eigenvalue weighted by atomic mass is 16.9. The molecule has 0 aliphatic rings. The van der Waals surface area contributed by atoms with Crippen molar-refractivity contribution in [1.29, 1.82) is 5.26 Å². The van der Waals surface area contributed by atoms with Crippen molar-refractivity contribution in [2.75, 3.05) is 32.8 Å². The molecule has 0 saturated carbocycles. The van der Waals surface area contributed by atoms with E-state index < -0.39 is 16.7 Å². The standard InChI is InChI=1S/C20H25N5O7/c1-13-7-17-16(9-14(10-21)20(28)24-17)18(8-13)31-12-15(26)11-22-4-5-23-19(27)3-2-6-32-25(29)30/h7-9,15,22,26H,2-6,11-12H2,1H3,(H,23,27)(H,24,28). The van der Waals surface area contributed by atoms with Crippen LogP contribution < -0.4 is 20.9 Å². The third-order valence-corrected chi connectivity index (χ3v) is 4.37. The predicted molar refractivity (Wildman–Crippen MR) is 114 cm³/mol. The fourth-order valence-electron chi connectivity index (χ4n) is 2.88. The van der Waals surface area contributed by atoms with Gasteiger partial charge in [0.15, 0.2) is 0 Å². The summed E-state index contributed by atoms with van der Waals surface area (Å²) in [6.07, 6.45) is -0.472. The fourth-order valence-corrected chi connectivity index (χ4v) is 2.88. The van der Waals surface area contributed by atoms with Crippen LogP contribution in [-0.4, -0.2) is 60.0 Å². The van der Waals surface area contributed by atoms with Crippen molar-refractivity contribution in [3.8, 4) is 11.8 Å². The van der Waals surface area contributed by atoms with Gasteiger partial charge < -0.3 is 30.3 Å². The summed E-state index contributed by atoms with van der Waals surface area (Å²) in [6, 6.07) is 6.83. The van der Waals surface area contributed by atoms with Crippen LogP contribution in [0.4, 0.5) is 0 Å². The molecule has 4 N–H and O–H groups in total. The molecule has 1 atom stereocenters. The fraction of sp³-hybridized carbons (Fsp3) is 0.450. The molecule has 1 heterocycles. The summed E-state index contributed by atoms with van der Waals surface area (Å²) in [5.41, 5.74) is 0.886. The van der Waals surface area contributed by atoms with Crippen LogP contribution in [0.5, 0.6) is 5.75 Å². The number of pyridine rings is 1. The Hall–Kier alpha value is -3.69. The topological polar surface area (TPSA) is 180 Å². The Labute approximate surface area is 183 Å². The molecule has 0 aliphatic heterocycles. The number of H-pyrrole nitrogens is 1. The molecular formula is C20H25N5O7. The van der Waals surface area contributed by atoms with E-state index in [1.54, 1.807) is 12.1 Å². The van der Waals surface area contributed by atoms with E-state index in [-0.39, 0.29) is 44.1 Å². The molecule has 1 aromatic carbocycles. The van der Waals surface area contributed by atoms with Gasteiger partial charge in [-0.05, 0) is 37.1 Å². The van der Waals surface area contributed by atoms with Gasteiger partial charge in [-0.2, -0.15) is 5.26 Å². The SMILES string of the molecule is Cc1cc(OCC(O)CNCCNC(=O)CCCO[N+](=O)[O-])c2cc(C#N)c(=O)[nH]c2c1. The quantitative estimate of drug-likeness (QED) is 0.189. The Morgan fingerprint density at radius 1 is 1.38 bits per heavy atom. The van der Waals surface area contributed by atoms with Gasteiger partial charge in [-0.3, -0.25) is 9.59 Å². The van der Waals surface area contributed by atoms with E-state index in [2.05, 4.69) is 20.5 Å². The van der Waals surface area contributed by atoms with E-state index >= 15 is 0 Å². The van der Waals surface area contributed by atoms with Crippen LogP contribution in [0.25, 0.3) is 10.9 Å². The second-order valence-corrected chi connectivity index (χ2v) is 7.03. The molecule has 0 spiro atoms. The molecule has 2 rings (SSSR count). The first-order valence-corrected chi connectivity index (χ1v) is 9.93. The molecule has 0 aliphatic carbocycles. The van der Waals surface area contributed by atoms with Gasteiger partial charge in [0, 0.05) is 31.4 Å². The molecule has 0 bridgehead atoms. The Bertz CT molecular complexity index is 1050. The number of amides is 1. The van der Waals surface area contributed by atoms with Crippen LogP contribution in [0.15, 0.2) is 23.0 Å². The number of aliphatic hydroxyl groups is 1. The van der Waals surface area contributed by atoms with Gasteiger partial charge in [-0.1, -0.05) is 0 Å². The number of aliphatic hydroxyl groups excluding tert-OH is 1. The number of carbonyl (C=O) groups is 1. The van der Waals surface area contributed by atoms with Gasteiger partial charge in [0.2, 0.25) is 5.91 Å². The number of benzene rings is 1. The molecule has 12 heteroatoms. The number of aromatic nitrogens is 1. The molecule has 0 saturated heterocycles. The van der Waals surface area contributed by atoms with Crippen LogP contribution >= 0.6 is 0 Å². The number of fused-ring (bicyclic) bond motifs is 1. The minimum Gasteiger partial charge on any atom is -0.490 e. The highest BCUT2D eigenvalue weighted by Crippen LogP contribution is 2.26. The maximum atomic E-state index is 11.8. The van der Waals surface area contributed by atoms with Gasteiger partial charge in [-0.15, -0.1) is 10.1 Å². The second-order valence-electron chi connectivity index (χ2n) is 7.03. The Morgan fingerprint density at radius 2 is 2.16 bits per heavy atom. The monoisotopic (exact) mass is 447 g/mol. The van der Waals surface area contributed by atoms with Crippen molar-refractivity contribution in [2.24, 2.45) is 0 Å². The van der Waals surface area contributed by atoms with Crippen LogP contribution in [0.1, 0.15) is 24.0 Å². The van der Waals surface area contributed by atoms with E-state index in [1.165, 1.54) is 6.07 Å². The molecule has 32 heavy (non-hydrogen) atoms. The van der Waals surface area contributed by atoms with Crippen LogP contribution in [0.3, 0.4) is 0 Å². The summed E-state index contributed by atoms with van der Waals surface area (Å²) in [4.78, 5) is 40.2. The zero-order chi connectivity index (χ0) is 23.5. The van der Waals surface area contributed by atoms with Crippen molar-refractivity contribution in [2.45, 2.75) is 25.9 Å². The largest absolute Gasteiger partial charge is 0.490 e. The molecule has 0 fully saturated rings. The Kier molecular flexibility index (Phi) is 9.40. The lowest BCUT2D eigenvalue weighted by atomic mass is 10.1. The Balaban J connectivity index is 1.73. The highest BCUT2D eigenvalue weighted by Gasteiger charge is 2.11. The number of nitrogens with one attached hydrogen (secondary N) is 3. The smallest absolute Gasteiger partial charge is 0.294 e. The van der Waals surface area contributed by atoms with Gasteiger partial charge in [-0.25, -0.2) is 0 Å². The van der Waals surface area contributed by atoms with E-state index in [4.69, 9.17) is 10.00 Å². The summed E-state index contributed by atoms with van der Waals surface area (Å²) in [5, 5.41) is 34.5. The molecule has 2 aromatic rings. The second kappa shape index (κ2) is 12.2.